The van der Waals surface area contributed by atoms with Crippen LogP contribution in [0.15, 0.2) is 30.5 Å². The molecule has 16 heavy (non-hydrogen) atoms. The predicted molar refractivity (Wildman–Crippen MR) is 68.3 cm³/mol. The quantitative estimate of drug-likeness (QED) is 0.681. The molecule has 0 radical (unpaired) electrons. The average Bonchev–Trinajstić information content (AvgIpc) is 2.26. The number of aromatic nitrogens is 1. The van der Waals surface area contributed by atoms with Gasteiger partial charge in [0.1, 0.15) is 0 Å². The van der Waals surface area contributed by atoms with Gasteiger partial charge < -0.3 is 16.8 Å². The van der Waals surface area contributed by atoms with E-state index in [0.29, 0.717) is 0 Å². The second-order valence-corrected chi connectivity index (χ2v) is 3.99. The number of benzene rings is 1. The second kappa shape index (κ2) is 4.37. The van der Waals surface area contributed by atoms with Gasteiger partial charge in [-0.2, -0.15) is 0 Å². The molecule has 2 rings (SSSR count). The second-order valence-electron chi connectivity index (χ2n) is 3.99. The summed E-state index contributed by atoms with van der Waals surface area (Å²) in [5.74, 6) is 0. The van der Waals surface area contributed by atoms with Gasteiger partial charge in [0.25, 0.3) is 0 Å². The van der Waals surface area contributed by atoms with Gasteiger partial charge in [0.15, 0.2) is 0 Å². The summed E-state index contributed by atoms with van der Waals surface area (Å²) in [6, 6.07) is 7.74. The Morgan fingerprint density at radius 1 is 1.38 bits per heavy atom. The van der Waals surface area contributed by atoms with Gasteiger partial charge >= 0.3 is 0 Å². The van der Waals surface area contributed by atoms with Gasteiger partial charge in [-0.05, 0) is 31.2 Å². The fraction of sp³-hybridized carbons (Fsp3) is 0.250. The van der Waals surface area contributed by atoms with Crippen LogP contribution in [0.2, 0.25) is 0 Å². The van der Waals surface area contributed by atoms with Crippen molar-refractivity contribution in [1.82, 2.24) is 4.98 Å². The summed E-state index contributed by atoms with van der Waals surface area (Å²) in [5.41, 5.74) is 14.2. The van der Waals surface area contributed by atoms with Crippen LogP contribution in [0.4, 0.5) is 11.4 Å². The first-order valence-corrected chi connectivity index (χ1v) is 5.30. The number of pyridine rings is 1. The van der Waals surface area contributed by atoms with E-state index in [1.165, 1.54) is 0 Å². The first-order chi connectivity index (χ1) is 7.66. The van der Waals surface area contributed by atoms with E-state index >= 15 is 0 Å². The van der Waals surface area contributed by atoms with Crippen LogP contribution in [0.1, 0.15) is 6.92 Å². The van der Waals surface area contributed by atoms with E-state index in [2.05, 4.69) is 10.3 Å². The van der Waals surface area contributed by atoms with Gasteiger partial charge in [-0.1, -0.05) is 0 Å². The number of nitrogen functional groups attached to an aromatic ring is 1. The minimum Gasteiger partial charge on any atom is -0.399 e. The Labute approximate surface area is 94.7 Å². The first kappa shape index (κ1) is 10.7. The van der Waals surface area contributed by atoms with Crippen LogP contribution in [0, 0.1) is 0 Å². The maximum Gasteiger partial charge on any atom is 0.0724 e. The van der Waals surface area contributed by atoms with E-state index in [1.54, 1.807) is 6.20 Å². The van der Waals surface area contributed by atoms with Gasteiger partial charge in [-0.25, -0.2) is 0 Å². The smallest absolute Gasteiger partial charge is 0.0724 e. The summed E-state index contributed by atoms with van der Waals surface area (Å²) >= 11 is 0. The summed E-state index contributed by atoms with van der Waals surface area (Å²) in [4.78, 5) is 4.28. The molecule has 84 valence electrons. The Balaban J connectivity index is 2.40. The molecular weight excluding hydrogens is 200 g/mol. The Morgan fingerprint density at radius 3 is 2.94 bits per heavy atom. The largest absolute Gasteiger partial charge is 0.399 e. The fourth-order valence-electron chi connectivity index (χ4n) is 1.59. The minimum absolute atomic E-state index is 0.115. The van der Waals surface area contributed by atoms with Crippen LogP contribution >= 0.6 is 0 Å². The van der Waals surface area contributed by atoms with Gasteiger partial charge in [0, 0.05) is 35.5 Å². The van der Waals surface area contributed by atoms with Gasteiger partial charge in [0.05, 0.1) is 5.52 Å². The Kier molecular flexibility index (Phi) is 2.92. The summed E-state index contributed by atoms with van der Waals surface area (Å²) in [6.07, 6.45) is 1.78. The van der Waals surface area contributed by atoms with Gasteiger partial charge in [-0.3, -0.25) is 4.98 Å². The van der Waals surface area contributed by atoms with E-state index < -0.39 is 0 Å². The Bertz CT molecular complexity index is 493. The van der Waals surface area contributed by atoms with Gasteiger partial charge in [-0.15, -0.1) is 0 Å². The van der Waals surface area contributed by atoms with Crippen molar-refractivity contribution in [1.29, 1.82) is 0 Å². The number of hydrogen-bond donors (Lipinski definition) is 3. The number of nitrogens with one attached hydrogen (secondary N) is 1. The topological polar surface area (TPSA) is 77.0 Å². The van der Waals surface area contributed by atoms with E-state index in [-0.39, 0.29) is 6.04 Å². The lowest BCUT2D eigenvalue weighted by molar-refractivity contribution is 0.781. The van der Waals surface area contributed by atoms with Crippen LogP contribution < -0.4 is 16.8 Å². The van der Waals surface area contributed by atoms with Crippen molar-refractivity contribution in [3.63, 3.8) is 0 Å². The summed E-state index contributed by atoms with van der Waals surface area (Å²) in [6.45, 7) is 2.69. The molecule has 4 heteroatoms. The molecule has 0 aliphatic carbocycles. The van der Waals surface area contributed by atoms with Crippen molar-refractivity contribution in [2.75, 3.05) is 17.6 Å². The third-order valence-corrected chi connectivity index (χ3v) is 2.38. The van der Waals surface area contributed by atoms with Crippen molar-refractivity contribution < 1.29 is 0 Å². The monoisotopic (exact) mass is 216 g/mol. The van der Waals surface area contributed by atoms with Crippen LogP contribution in [0.3, 0.4) is 0 Å². The Hall–Kier alpha value is -1.81. The zero-order valence-electron chi connectivity index (χ0n) is 9.27. The zero-order chi connectivity index (χ0) is 11.5. The van der Waals surface area contributed by atoms with E-state index in [0.717, 1.165) is 28.8 Å². The fourth-order valence-corrected chi connectivity index (χ4v) is 1.59. The highest BCUT2D eigenvalue weighted by atomic mass is 14.9. The molecular formula is C12H16N4. The number of nitrogens with two attached hydrogens (primary N) is 2. The Morgan fingerprint density at radius 2 is 2.19 bits per heavy atom. The molecule has 1 atom stereocenters. The number of anilines is 2. The molecule has 1 heterocycles. The van der Waals surface area contributed by atoms with Crippen molar-refractivity contribution >= 4 is 22.3 Å². The zero-order valence-corrected chi connectivity index (χ0v) is 9.27. The lowest BCUT2D eigenvalue weighted by Crippen LogP contribution is -2.25. The number of nitrogens with zero attached hydrogens (tertiary/aromatic N) is 1. The van der Waals surface area contributed by atoms with Crippen LogP contribution in [0.25, 0.3) is 10.9 Å². The highest BCUT2D eigenvalue weighted by Gasteiger charge is 2.02. The van der Waals surface area contributed by atoms with E-state index in [4.69, 9.17) is 11.5 Å². The molecule has 0 aliphatic rings. The molecule has 0 amide bonds. The highest BCUT2D eigenvalue weighted by molar-refractivity contribution is 5.93. The van der Waals surface area contributed by atoms with E-state index in [9.17, 15) is 0 Å². The number of fused-ring (bicyclic) bond motifs is 1. The van der Waals surface area contributed by atoms with Crippen LogP contribution in [0.5, 0.6) is 0 Å². The van der Waals surface area contributed by atoms with Crippen molar-refractivity contribution in [2.24, 2.45) is 5.73 Å². The molecule has 0 spiro atoms. The summed E-state index contributed by atoms with van der Waals surface area (Å²) < 4.78 is 0. The molecule has 1 aromatic heterocycles. The number of hydrogen-bond acceptors (Lipinski definition) is 4. The molecule has 5 N–H and O–H groups in total. The standard InChI is InChI=1S/C12H16N4/c1-8(13)7-16-12-4-5-15-11-3-2-9(14)6-10(11)12/h2-6,8H,7,13-14H2,1H3,(H,15,16)/t8-/m1/s1. The molecule has 0 fully saturated rings. The summed E-state index contributed by atoms with van der Waals surface area (Å²) in [7, 11) is 0. The maximum atomic E-state index is 5.77. The molecule has 0 unspecified atom stereocenters. The van der Waals surface area contributed by atoms with Crippen LogP contribution in [-0.2, 0) is 0 Å². The normalized spacial score (nSPS) is 12.6. The van der Waals surface area contributed by atoms with Crippen LogP contribution in [-0.4, -0.2) is 17.6 Å². The van der Waals surface area contributed by atoms with Crippen molar-refractivity contribution in [2.45, 2.75) is 13.0 Å². The SMILES string of the molecule is C[C@@H](N)CNc1ccnc2ccc(N)cc12. The molecule has 0 aliphatic heterocycles. The number of rotatable bonds is 3. The molecule has 2 aromatic rings. The maximum absolute atomic E-state index is 5.77. The van der Waals surface area contributed by atoms with Gasteiger partial charge in [0.2, 0.25) is 0 Å². The predicted octanol–water partition coefficient (Wildman–Crippen LogP) is 1.58. The van der Waals surface area contributed by atoms with Crippen molar-refractivity contribution in [3.05, 3.63) is 30.5 Å². The molecule has 0 saturated heterocycles. The third kappa shape index (κ3) is 2.23. The molecule has 4 nitrogen and oxygen atoms in total. The average molecular weight is 216 g/mol. The lowest BCUT2D eigenvalue weighted by Gasteiger charge is -2.11. The molecule has 0 bridgehead atoms. The third-order valence-electron chi connectivity index (χ3n) is 2.38. The van der Waals surface area contributed by atoms with E-state index in [1.807, 2.05) is 31.2 Å². The van der Waals surface area contributed by atoms with Crippen molar-refractivity contribution in [3.8, 4) is 0 Å². The minimum atomic E-state index is 0.115. The molecule has 0 saturated carbocycles. The highest BCUT2D eigenvalue weighted by Crippen LogP contribution is 2.23. The first-order valence-electron chi connectivity index (χ1n) is 5.30. The summed E-state index contributed by atoms with van der Waals surface area (Å²) in [5, 5.41) is 4.32. The molecule has 1 aromatic carbocycles. The lowest BCUT2D eigenvalue weighted by atomic mass is 10.1.